The third-order valence-corrected chi connectivity index (χ3v) is 4.95. The molecule has 0 aliphatic rings. The Labute approximate surface area is 153 Å². The molecule has 0 aliphatic carbocycles. The molecule has 2 aromatic carbocycles. The van der Waals surface area contributed by atoms with Gasteiger partial charge in [-0.2, -0.15) is 0 Å². The van der Waals surface area contributed by atoms with Crippen molar-refractivity contribution in [3.05, 3.63) is 58.1 Å². The van der Waals surface area contributed by atoms with Gasteiger partial charge in [0.05, 0.1) is 0 Å². The van der Waals surface area contributed by atoms with E-state index >= 15 is 0 Å². The van der Waals surface area contributed by atoms with Gasteiger partial charge in [0, 0.05) is 5.69 Å². The number of aromatic hydroxyl groups is 1. The van der Waals surface area contributed by atoms with Crippen LogP contribution in [0, 0.1) is 13.8 Å². The lowest BCUT2D eigenvalue weighted by molar-refractivity contribution is 0.258. The maximum Gasteiger partial charge on any atom is 0.413 e. The van der Waals surface area contributed by atoms with Crippen molar-refractivity contribution < 1.29 is 24.3 Å². The lowest BCUT2D eigenvalue weighted by atomic mass is 9.92. The summed E-state index contributed by atoms with van der Waals surface area (Å²) in [5.41, 5.74) is 3.87. The number of phenols is 1. The van der Waals surface area contributed by atoms with Crippen molar-refractivity contribution in [1.82, 2.24) is 0 Å². The smallest absolute Gasteiger partial charge is 0.413 e. The molecular formula is C19H24NO5P. The van der Waals surface area contributed by atoms with Crippen molar-refractivity contribution in [2.75, 3.05) is 5.32 Å². The van der Waals surface area contributed by atoms with E-state index in [9.17, 15) is 14.5 Å². The number of aryl methyl sites for hydroxylation is 2. The predicted octanol–water partition coefficient (Wildman–Crippen LogP) is 4.43. The Morgan fingerprint density at radius 2 is 1.69 bits per heavy atom. The maximum atomic E-state index is 11.5. The van der Waals surface area contributed by atoms with Crippen LogP contribution in [0.1, 0.15) is 47.6 Å². The topological polar surface area (TPSA) is 107 Å². The van der Waals surface area contributed by atoms with Gasteiger partial charge in [0.1, 0.15) is 5.75 Å². The number of nitrogens with one attached hydrogen (secondary N) is 1. The number of carbonyl (C=O) groups is 1. The average Bonchev–Trinajstić information content (AvgIpc) is 2.51. The number of amides is 1. The molecule has 2 aromatic rings. The van der Waals surface area contributed by atoms with Gasteiger partial charge in [0.2, 0.25) is 0 Å². The quantitative estimate of drug-likeness (QED) is 0.577. The van der Waals surface area contributed by atoms with E-state index in [1.807, 2.05) is 39.8 Å². The highest BCUT2D eigenvalue weighted by molar-refractivity contribution is 7.70. The number of rotatable bonds is 5. The van der Waals surface area contributed by atoms with Gasteiger partial charge in [0.25, 0.3) is 0 Å². The number of carbonyl (C=O) groups excluding carboxylic acids is 1. The summed E-state index contributed by atoms with van der Waals surface area (Å²) >= 11 is 0. The molecule has 1 amide bonds. The minimum atomic E-state index is -4.81. The first kappa shape index (κ1) is 20.2. The van der Waals surface area contributed by atoms with Crippen molar-refractivity contribution >= 4 is 18.9 Å². The summed E-state index contributed by atoms with van der Waals surface area (Å²) in [6.45, 7) is 7.82. The second kappa shape index (κ2) is 7.62. The minimum absolute atomic E-state index is 0.211. The zero-order chi connectivity index (χ0) is 19.6. The van der Waals surface area contributed by atoms with Gasteiger partial charge in [0.15, 0.2) is 0 Å². The molecule has 0 heterocycles. The molecule has 0 saturated carbocycles. The number of anilines is 1. The number of benzene rings is 2. The van der Waals surface area contributed by atoms with E-state index in [-0.39, 0.29) is 11.7 Å². The van der Waals surface area contributed by atoms with E-state index in [2.05, 4.69) is 5.32 Å². The summed E-state index contributed by atoms with van der Waals surface area (Å²) in [6, 6.07) is 8.95. The van der Waals surface area contributed by atoms with Crippen molar-refractivity contribution in [1.29, 1.82) is 0 Å². The third-order valence-electron chi connectivity index (χ3n) is 4.31. The Morgan fingerprint density at radius 3 is 2.19 bits per heavy atom. The first-order valence-corrected chi connectivity index (χ1v) is 9.89. The van der Waals surface area contributed by atoms with Crippen molar-refractivity contribution in [3.63, 3.8) is 0 Å². The normalized spacial score (nSPS) is 11.7. The molecule has 0 spiro atoms. The standard InChI is InChI=1S/C19H24NO5P/c1-11(2)16-9-14(5-6-18(16)21)10-17-12(3)7-15(8-13(17)4)20-19(22)26(23,24)25/h5-9,11,21H,10H2,1-4H3,(H,20,22)(H2,23,24,25). The summed E-state index contributed by atoms with van der Waals surface area (Å²) in [4.78, 5) is 29.3. The van der Waals surface area contributed by atoms with Gasteiger partial charge < -0.3 is 20.2 Å². The summed E-state index contributed by atoms with van der Waals surface area (Å²) in [7, 11) is -4.81. The van der Waals surface area contributed by atoms with E-state index in [4.69, 9.17) is 9.79 Å². The van der Waals surface area contributed by atoms with Crippen LogP contribution in [-0.2, 0) is 11.0 Å². The Kier molecular flexibility index (Phi) is 5.91. The van der Waals surface area contributed by atoms with Gasteiger partial charge in [-0.05, 0) is 72.2 Å². The van der Waals surface area contributed by atoms with Gasteiger partial charge in [-0.1, -0.05) is 26.0 Å². The Hall–Kier alpha value is -2.14. The van der Waals surface area contributed by atoms with Crippen LogP contribution in [0.5, 0.6) is 5.75 Å². The zero-order valence-electron chi connectivity index (χ0n) is 15.3. The summed E-state index contributed by atoms with van der Waals surface area (Å²) in [6.07, 6.45) is 0.657. The first-order valence-electron chi connectivity index (χ1n) is 8.28. The van der Waals surface area contributed by atoms with Crippen LogP contribution >= 0.6 is 7.60 Å². The van der Waals surface area contributed by atoms with E-state index < -0.39 is 13.2 Å². The van der Waals surface area contributed by atoms with E-state index in [1.54, 1.807) is 18.2 Å². The van der Waals surface area contributed by atoms with Crippen LogP contribution in [-0.4, -0.2) is 20.5 Å². The zero-order valence-corrected chi connectivity index (χ0v) is 16.2. The highest BCUT2D eigenvalue weighted by Crippen LogP contribution is 2.37. The number of phenolic OH excluding ortho intramolecular Hbond substituents is 1. The molecule has 0 atom stereocenters. The molecular weight excluding hydrogens is 353 g/mol. The van der Waals surface area contributed by atoms with Gasteiger partial charge in [-0.3, -0.25) is 4.79 Å². The lowest BCUT2D eigenvalue weighted by Crippen LogP contribution is -2.10. The second-order valence-corrected chi connectivity index (χ2v) is 8.28. The minimum Gasteiger partial charge on any atom is -0.508 e. The molecule has 0 fully saturated rings. The van der Waals surface area contributed by atoms with E-state index in [0.717, 1.165) is 27.8 Å². The Bertz CT molecular complexity index is 862. The van der Waals surface area contributed by atoms with Crippen molar-refractivity contribution in [2.24, 2.45) is 0 Å². The summed E-state index contributed by atoms with van der Waals surface area (Å²) in [5.74, 6) is 0.495. The fourth-order valence-electron chi connectivity index (χ4n) is 2.92. The van der Waals surface area contributed by atoms with Crippen LogP contribution < -0.4 is 5.32 Å². The van der Waals surface area contributed by atoms with Crippen LogP contribution in [0.15, 0.2) is 30.3 Å². The molecule has 140 valence electrons. The molecule has 6 nitrogen and oxygen atoms in total. The van der Waals surface area contributed by atoms with Gasteiger partial charge in [-0.15, -0.1) is 0 Å². The molecule has 2 rings (SSSR count). The summed E-state index contributed by atoms with van der Waals surface area (Å²) < 4.78 is 11.0. The molecule has 0 saturated heterocycles. The van der Waals surface area contributed by atoms with Crippen LogP contribution in [0.3, 0.4) is 0 Å². The van der Waals surface area contributed by atoms with Gasteiger partial charge in [-0.25, -0.2) is 4.57 Å². The fourth-order valence-corrected chi connectivity index (χ4v) is 3.20. The van der Waals surface area contributed by atoms with E-state index in [0.29, 0.717) is 12.1 Å². The molecule has 0 unspecified atom stereocenters. The Balaban J connectivity index is 2.30. The predicted molar refractivity (Wildman–Crippen MR) is 102 cm³/mol. The lowest BCUT2D eigenvalue weighted by Gasteiger charge is -2.15. The third kappa shape index (κ3) is 4.73. The molecule has 4 N–H and O–H groups in total. The van der Waals surface area contributed by atoms with E-state index in [1.165, 1.54) is 0 Å². The van der Waals surface area contributed by atoms with Crippen LogP contribution in [0.25, 0.3) is 0 Å². The molecule has 0 aromatic heterocycles. The SMILES string of the molecule is Cc1cc(NC(=O)P(=O)(O)O)cc(C)c1Cc1ccc(O)c(C(C)C)c1. The Morgan fingerprint density at radius 1 is 1.12 bits per heavy atom. The first-order chi connectivity index (χ1) is 12.0. The van der Waals surface area contributed by atoms with Crippen LogP contribution in [0.4, 0.5) is 10.5 Å². The number of hydrogen-bond donors (Lipinski definition) is 4. The maximum absolute atomic E-state index is 11.5. The fraction of sp³-hybridized carbons (Fsp3) is 0.316. The largest absolute Gasteiger partial charge is 0.508 e. The highest BCUT2D eigenvalue weighted by atomic mass is 31.2. The summed E-state index contributed by atoms with van der Waals surface area (Å²) in [5, 5.41) is 12.2. The molecule has 26 heavy (non-hydrogen) atoms. The molecule has 0 bridgehead atoms. The molecule has 0 radical (unpaired) electrons. The second-order valence-electron chi connectivity index (χ2n) is 6.79. The van der Waals surface area contributed by atoms with Crippen molar-refractivity contribution in [2.45, 2.75) is 40.0 Å². The van der Waals surface area contributed by atoms with Gasteiger partial charge >= 0.3 is 13.2 Å². The molecule has 7 heteroatoms. The highest BCUT2D eigenvalue weighted by Gasteiger charge is 2.25. The number of hydrogen-bond acceptors (Lipinski definition) is 3. The average molecular weight is 377 g/mol. The van der Waals surface area contributed by atoms with Crippen LogP contribution in [0.2, 0.25) is 0 Å². The van der Waals surface area contributed by atoms with Crippen molar-refractivity contribution in [3.8, 4) is 5.75 Å². The monoisotopic (exact) mass is 377 g/mol. The molecule has 0 aliphatic heterocycles.